The minimum absolute atomic E-state index is 0.0860. The van der Waals surface area contributed by atoms with Crippen LogP contribution in [0.4, 0.5) is 0 Å². The molecule has 1 aromatic heterocycles. The van der Waals surface area contributed by atoms with E-state index in [1.54, 1.807) is 6.07 Å². The third-order valence-electron chi connectivity index (χ3n) is 6.07. The lowest BCUT2D eigenvalue weighted by Crippen LogP contribution is -2.33. The van der Waals surface area contributed by atoms with Crippen molar-refractivity contribution in [2.24, 2.45) is 5.92 Å². The first-order valence-electron chi connectivity index (χ1n) is 9.95. The Balaban J connectivity index is 2.17. The van der Waals surface area contributed by atoms with Crippen LogP contribution in [0.3, 0.4) is 0 Å². The summed E-state index contributed by atoms with van der Waals surface area (Å²) in [5, 5.41) is 0.930. The fourth-order valence-electron chi connectivity index (χ4n) is 4.27. The molecule has 144 valence electrons. The van der Waals surface area contributed by atoms with Crippen LogP contribution in [0.2, 0.25) is 0 Å². The molecule has 0 aliphatic carbocycles. The molecule has 4 nitrogen and oxygen atoms in total. The van der Waals surface area contributed by atoms with Crippen molar-refractivity contribution in [1.82, 2.24) is 0 Å². The molecule has 3 heterocycles. The fourth-order valence-corrected chi connectivity index (χ4v) is 4.27. The molecular formula is C23H28O4. The van der Waals surface area contributed by atoms with Gasteiger partial charge < -0.3 is 13.9 Å². The molecule has 2 aliphatic heterocycles. The largest absolute Gasteiger partial charge is 0.489 e. The molecule has 4 heteroatoms. The lowest BCUT2D eigenvalue weighted by atomic mass is 9.80. The number of benzene rings is 1. The first kappa shape index (κ1) is 18.1. The summed E-state index contributed by atoms with van der Waals surface area (Å²) in [4.78, 5) is 12.4. The average molecular weight is 368 g/mol. The van der Waals surface area contributed by atoms with E-state index in [9.17, 15) is 4.79 Å². The van der Waals surface area contributed by atoms with E-state index in [4.69, 9.17) is 13.9 Å². The van der Waals surface area contributed by atoms with Gasteiger partial charge in [-0.05, 0) is 56.7 Å². The molecule has 4 rings (SSSR count). The van der Waals surface area contributed by atoms with E-state index in [2.05, 4.69) is 39.8 Å². The van der Waals surface area contributed by atoms with E-state index in [0.717, 1.165) is 46.4 Å². The number of hydrogen-bond donors (Lipinski definition) is 0. The predicted octanol–water partition coefficient (Wildman–Crippen LogP) is 5.45. The summed E-state index contributed by atoms with van der Waals surface area (Å²) in [6.07, 6.45) is 6.01. The van der Waals surface area contributed by atoms with Gasteiger partial charge in [-0.2, -0.15) is 0 Å². The van der Waals surface area contributed by atoms with Crippen LogP contribution in [0.25, 0.3) is 17.0 Å². The third-order valence-corrected chi connectivity index (χ3v) is 6.07. The second-order valence-electron chi connectivity index (χ2n) is 8.54. The van der Waals surface area contributed by atoms with Gasteiger partial charge in [0.1, 0.15) is 22.7 Å². The van der Waals surface area contributed by atoms with E-state index in [-0.39, 0.29) is 17.6 Å². The van der Waals surface area contributed by atoms with Crippen molar-refractivity contribution < 1.29 is 13.9 Å². The van der Waals surface area contributed by atoms with Crippen LogP contribution in [-0.2, 0) is 6.42 Å². The Morgan fingerprint density at radius 2 is 1.89 bits per heavy atom. The van der Waals surface area contributed by atoms with E-state index in [1.165, 1.54) is 0 Å². The Morgan fingerprint density at radius 3 is 2.59 bits per heavy atom. The van der Waals surface area contributed by atoms with Crippen molar-refractivity contribution >= 4 is 17.0 Å². The number of aryl methyl sites for hydroxylation is 1. The molecule has 3 atom stereocenters. The van der Waals surface area contributed by atoms with Crippen LogP contribution in [-0.4, -0.2) is 11.7 Å². The minimum atomic E-state index is -0.424. The molecule has 2 aliphatic rings. The van der Waals surface area contributed by atoms with Gasteiger partial charge in [0.05, 0.1) is 17.1 Å². The summed E-state index contributed by atoms with van der Waals surface area (Å²) in [6, 6.07) is 1.62. The van der Waals surface area contributed by atoms with Gasteiger partial charge in [-0.3, -0.25) is 0 Å². The van der Waals surface area contributed by atoms with Crippen molar-refractivity contribution in [3.05, 3.63) is 39.3 Å². The van der Waals surface area contributed by atoms with Gasteiger partial charge in [0.15, 0.2) is 0 Å². The second kappa shape index (κ2) is 6.15. The predicted molar refractivity (Wildman–Crippen MR) is 108 cm³/mol. The van der Waals surface area contributed by atoms with Crippen LogP contribution in [0.15, 0.2) is 21.4 Å². The SMILES string of the molecule is CCCc1cc(=O)oc2c3c(c4c(c12)OC(C)(C)C=C4)O[C@H](C)[C@@H](C)[C@@H]3C. The summed E-state index contributed by atoms with van der Waals surface area (Å²) in [6.45, 7) is 12.7. The topological polar surface area (TPSA) is 48.7 Å². The molecule has 0 spiro atoms. The van der Waals surface area contributed by atoms with E-state index in [0.29, 0.717) is 11.5 Å². The van der Waals surface area contributed by atoms with Gasteiger partial charge >= 0.3 is 5.63 Å². The average Bonchev–Trinajstić information content (AvgIpc) is 2.58. The number of hydrogen-bond acceptors (Lipinski definition) is 4. The van der Waals surface area contributed by atoms with Crippen molar-refractivity contribution in [1.29, 1.82) is 0 Å². The molecule has 2 aromatic rings. The van der Waals surface area contributed by atoms with Crippen molar-refractivity contribution in [2.75, 3.05) is 0 Å². The Bertz CT molecular complexity index is 996. The fraction of sp³-hybridized carbons (Fsp3) is 0.522. The zero-order valence-corrected chi connectivity index (χ0v) is 17.0. The lowest BCUT2D eigenvalue weighted by Gasteiger charge is -2.38. The third kappa shape index (κ3) is 2.77. The van der Waals surface area contributed by atoms with Gasteiger partial charge in [0.25, 0.3) is 0 Å². The maximum absolute atomic E-state index is 12.4. The summed E-state index contributed by atoms with van der Waals surface area (Å²) >= 11 is 0. The summed E-state index contributed by atoms with van der Waals surface area (Å²) < 4.78 is 18.5. The summed E-state index contributed by atoms with van der Waals surface area (Å²) in [7, 11) is 0. The molecule has 0 amide bonds. The van der Waals surface area contributed by atoms with Gasteiger partial charge in [-0.15, -0.1) is 0 Å². The van der Waals surface area contributed by atoms with Crippen molar-refractivity contribution in [3.8, 4) is 11.5 Å². The van der Waals surface area contributed by atoms with E-state index >= 15 is 0 Å². The van der Waals surface area contributed by atoms with Crippen LogP contribution in [0.5, 0.6) is 11.5 Å². The lowest BCUT2D eigenvalue weighted by molar-refractivity contribution is 0.118. The molecule has 0 fully saturated rings. The molecule has 0 radical (unpaired) electrons. The van der Waals surface area contributed by atoms with Crippen LogP contribution >= 0.6 is 0 Å². The molecule has 0 saturated carbocycles. The normalized spacial score (nSPS) is 25.5. The maximum atomic E-state index is 12.4. The highest BCUT2D eigenvalue weighted by atomic mass is 16.5. The van der Waals surface area contributed by atoms with Crippen LogP contribution in [0.1, 0.15) is 70.6 Å². The Morgan fingerprint density at radius 1 is 1.15 bits per heavy atom. The smallest absolute Gasteiger partial charge is 0.336 e. The highest BCUT2D eigenvalue weighted by molar-refractivity contribution is 5.97. The van der Waals surface area contributed by atoms with Crippen LogP contribution in [0, 0.1) is 5.92 Å². The van der Waals surface area contributed by atoms with Gasteiger partial charge in [-0.25, -0.2) is 4.79 Å². The van der Waals surface area contributed by atoms with E-state index in [1.807, 2.05) is 13.8 Å². The number of fused-ring (bicyclic) bond motifs is 6. The number of rotatable bonds is 2. The molecule has 0 unspecified atom stereocenters. The zero-order chi connectivity index (χ0) is 19.5. The minimum Gasteiger partial charge on any atom is -0.489 e. The standard InChI is InChI=1S/C23H28O4/c1-7-8-15-11-17(24)26-22-18-13(3)12(2)14(4)25-20(18)16-9-10-23(5,6)27-21(16)19(15)22/h9-14H,7-8H2,1-6H3/t12-,13-,14+/m0/s1. The summed E-state index contributed by atoms with van der Waals surface area (Å²) in [5.74, 6) is 2.13. The molecule has 0 N–H and O–H groups in total. The Labute approximate surface area is 160 Å². The quantitative estimate of drug-likeness (QED) is 0.661. The monoisotopic (exact) mass is 368 g/mol. The number of ether oxygens (including phenoxy) is 2. The van der Waals surface area contributed by atoms with E-state index < -0.39 is 5.60 Å². The highest BCUT2D eigenvalue weighted by Gasteiger charge is 2.38. The molecule has 1 aromatic carbocycles. The maximum Gasteiger partial charge on any atom is 0.336 e. The van der Waals surface area contributed by atoms with Gasteiger partial charge in [-0.1, -0.05) is 27.2 Å². The summed E-state index contributed by atoms with van der Waals surface area (Å²) in [5.41, 5.74) is 2.86. The van der Waals surface area contributed by atoms with Gasteiger partial charge in [0, 0.05) is 11.6 Å². The first-order valence-corrected chi connectivity index (χ1v) is 9.95. The Kier molecular flexibility index (Phi) is 4.13. The second-order valence-corrected chi connectivity index (χ2v) is 8.54. The molecular weight excluding hydrogens is 340 g/mol. The Hall–Kier alpha value is -2.23. The molecule has 27 heavy (non-hydrogen) atoms. The first-order chi connectivity index (χ1) is 12.7. The zero-order valence-electron chi connectivity index (χ0n) is 17.0. The van der Waals surface area contributed by atoms with Crippen LogP contribution < -0.4 is 15.1 Å². The van der Waals surface area contributed by atoms with Crippen molar-refractivity contribution in [2.45, 2.75) is 72.0 Å². The molecule has 0 bridgehead atoms. The van der Waals surface area contributed by atoms with Crippen molar-refractivity contribution in [3.63, 3.8) is 0 Å². The molecule has 0 saturated heterocycles. The van der Waals surface area contributed by atoms with Gasteiger partial charge in [0.2, 0.25) is 0 Å². The highest BCUT2D eigenvalue weighted by Crippen LogP contribution is 2.52.